The number of carbonyl (C=O) groups excluding carboxylic acids is 2. The molecule has 2 amide bonds. The molecule has 9 heteroatoms. The number of hydrogen-bond acceptors (Lipinski definition) is 6. The first-order chi connectivity index (χ1) is 18.0. The van der Waals surface area contributed by atoms with Gasteiger partial charge in [0, 0.05) is 37.3 Å². The Hall–Kier alpha value is -3.98. The zero-order valence-electron chi connectivity index (χ0n) is 20.6. The van der Waals surface area contributed by atoms with Crippen LogP contribution in [0.25, 0.3) is 21.5 Å². The van der Waals surface area contributed by atoms with E-state index in [1.54, 1.807) is 6.20 Å². The molecule has 0 unspecified atom stereocenters. The number of rotatable bonds is 6. The molecule has 37 heavy (non-hydrogen) atoms. The Balaban J connectivity index is 1.23. The lowest BCUT2D eigenvalue weighted by molar-refractivity contribution is -0.125. The number of aromatic nitrogens is 3. The van der Waals surface area contributed by atoms with E-state index >= 15 is 0 Å². The van der Waals surface area contributed by atoms with Gasteiger partial charge in [0.2, 0.25) is 11.9 Å². The van der Waals surface area contributed by atoms with Crippen LogP contribution in [0, 0.1) is 5.41 Å². The van der Waals surface area contributed by atoms with Crippen molar-refractivity contribution < 1.29 is 9.59 Å². The van der Waals surface area contributed by atoms with Gasteiger partial charge in [0.1, 0.15) is 5.82 Å². The molecular formula is C28H28N6O2S. The fraction of sp³-hybridized carbons (Fsp3) is 0.286. The van der Waals surface area contributed by atoms with E-state index in [1.165, 1.54) is 17.4 Å². The summed E-state index contributed by atoms with van der Waals surface area (Å²) in [6, 6.07) is 15.9. The number of thiophene rings is 1. The average molecular weight is 513 g/mol. The van der Waals surface area contributed by atoms with Crippen molar-refractivity contribution >= 4 is 46.0 Å². The number of carbonyl (C=O) groups is 2. The van der Waals surface area contributed by atoms with Crippen molar-refractivity contribution in [2.75, 3.05) is 30.8 Å². The number of fused-ring (bicyclic) bond motifs is 1. The fourth-order valence-corrected chi connectivity index (χ4v) is 6.61. The molecule has 1 saturated carbocycles. The first-order valence-corrected chi connectivity index (χ1v) is 13.2. The van der Waals surface area contributed by atoms with E-state index in [0.29, 0.717) is 10.8 Å². The average Bonchev–Trinajstić information content (AvgIpc) is 3.64. The maximum absolute atomic E-state index is 13.3. The topological polar surface area (TPSA) is 92.2 Å². The summed E-state index contributed by atoms with van der Waals surface area (Å²) in [5.41, 5.74) is 3.01. The van der Waals surface area contributed by atoms with Crippen LogP contribution in [0.1, 0.15) is 35.0 Å². The molecule has 1 aliphatic heterocycles. The summed E-state index contributed by atoms with van der Waals surface area (Å²) in [7, 11) is 1.83. The number of para-hydroxylation sites is 2. The second kappa shape index (κ2) is 9.15. The molecule has 4 aromatic rings. The molecule has 1 saturated heterocycles. The predicted molar refractivity (Wildman–Crippen MR) is 147 cm³/mol. The molecule has 2 aliphatic rings. The van der Waals surface area contributed by atoms with Crippen molar-refractivity contribution in [3.63, 3.8) is 0 Å². The summed E-state index contributed by atoms with van der Waals surface area (Å²) in [6.45, 7) is 5.17. The molecule has 188 valence electrons. The van der Waals surface area contributed by atoms with Crippen LogP contribution >= 0.6 is 11.3 Å². The molecule has 1 aromatic carbocycles. The minimum Gasteiger partial charge on any atom is -0.373 e. The SMILES string of the molecule is C=CC(=O)N1CC[C@]2(C1)C[C@H](n1c(NC(=O)c3ccc(-c4ccnc(NC)c4)s3)nc3ccccc31)C2. The molecule has 6 rings (SSSR count). The molecule has 0 radical (unpaired) electrons. The largest absolute Gasteiger partial charge is 0.373 e. The molecule has 1 spiro atoms. The van der Waals surface area contributed by atoms with Crippen LogP contribution in [0.5, 0.6) is 0 Å². The van der Waals surface area contributed by atoms with E-state index in [4.69, 9.17) is 4.98 Å². The second-order valence-electron chi connectivity index (χ2n) is 9.87. The van der Waals surface area contributed by atoms with Gasteiger partial charge in [-0.3, -0.25) is 14.9 Å². The predicted octanol–water partition coefficient (Wildman–Crippen LogP) is 5.19. The summed E-state index contributed by atoms with van der Waals surface area (Å²) < 4.78 is 2.17. The van der Waals surface area contributed by atoms with Crippen molar-refractivity contribution in [2.45, 2.75) is 25.3 Å². The van der Waals surface area contributed by atoms with Crippen molar-refractivity contribution in [2.24, 2.45) is 5.41 Å². The second-order valence-corrected chi connectivity index (χ2v) is 11.0. The minimum atomic E-state index is -0.173. The zero-order chi connectivity index (χ0) is 25.6. The van der Waals surface area contributed by atoms with Crippen molar-refractivity contribution in [3.8, 4) is 10.4 Å². The summed E-state index contributed by atoms with van der Waals surface area (Å²) >= 11 is 1.44. The lowest BCUT2D eigenvalue weighted by Gasteiger charge is -2.46. The molecular weight excluding hydrogens is 484 g/mol. The van der Waals surface area contributed by atoms with Gasteiger partial charge in [-0.1, -0.05) is 18.7 Å². The van der Waals surface area contributed by atoms with Gasteiger partial charge in [0.15, 0.2) is 0 Å². The highest BCUT2D eigenvalue weighted by Gasteiger charge is 2.50. The van der Waals surface area contributed by atoms with E-state index in [2.05, 4.69) is 32.8 Å². The van der Waals surface area contributed by atoms with Gasteiger partial charge in [-0.05, 0) is 72.7 Å². The van der Waals surface area contributed by atoms with E-state index in [-0.39, 0.29) is 23.3 Å². The highest BCUT2D eigenvalue weighted by Crippen LogP contribution is 2.55. The van der Waals surface area contributed by atoms with Gasteiger partial charge >= 0.3 is 0 Å². The summed E-state index contributed by atoms with van der Waals surface area (Å²) in [5, 5.41) is 6.14. The van der Waals surface area contributed by atoms with Gasteiger partial charge in [-0.15, -0.1) is 11.3 Å². The lowest BCUT2D eigenvalue weighted by Crippen LogP contribution is -2.42. The zero-order valence-corrected chi connectivity index (χ0v) is 21.4. The van der Waals surface area contributed by atoms with Crippen molar-refractivity contribution in [1.82, 2.24) is 19.4 Å². The number of likely N-dealkylation sites (tertiary alicyclic amines) is 1. The van der Waals surface area contributed by atoms with Crippen LogP contribution in [0.3, 0.4) is 0 Å². The van der Waals surface area contributed by atoms with Crippen molar-refractivity contribution in [3.05, 3.63) is 72.3 Å². The number of nitrogens with one attached hydrogen (secondary N) is 2. The molecule has 1 aliphatic carbocycles. The van der Waals surface area contributed by atoms with Gasteiger partial charge in [0.05, 0.1) is 15.9 Å². The van der Waals surface area contributed by atoms with Crippen LogP contribution in [0.15, 0.2) is 67.4 Å². The van der Waals surface area contributed by atoms with Crippen LogP contribution in [-0.4, -0.2) is 51.4 Å². The van der Waals surface area contributed by atoms with Gasteiger partial charge < -0.3 is 14.8 Å². The molecule has 3 aromatic heterocycles. The first-order valence-electron chi connectivity index (χ1n) is 12.4. The number of nitrogens with zero attached hydrogens (tertiary/aromatic N) is 4. The third kappa shape index (κ3) is 4.19. The highest BCUT2D eigenvalue weighted by molar-refractivity contribution is 7.17. The number of anilines is 2. The number of pyridine rings is 1. The Bertz CT molecular complexity index is 1520. The number of imidazole rings is 1. The Morgan fingerprint density at radius 2 is 2.03 bits per heavy atom. The normalized spacial score (nSPS) is 20.7. The molecule has 0 atom stereocenters. The summed E-state index contributed by atoms with van der Waals surface area (Å²) in [6.07, 6.45) is 6.06. The molecule has 2 fully saturated rings. The summed E-state index contributed by atoms with van der Waals surface area (Å²) in [5.74, 6) is 1.18. The third-order valence-electron chi connectivity index (χ3n) is 7.58. The van der Waals surface area contributed by atoms with Gasteiger partial charge in [-0.25, -0.2) is 9.97 Å². The highest BCUT2D eigenvalue weighted by atomic mass is 32.1. The van der Waals surface area contributed by atoms with E-state index < -0.39 is 0 Å². The quantitative estimate of drug-likeness (QED) is 0.347. The Labute approximate surface area is 219 Å². The number of amides is 2. The maximum atomic E-state index is 13.3. The van der Waals surface area contributed by atoms with Crippen LogP contribution < -0.4 is 10.6 Å². The Morgan fingerprint density at radius 3 is 2.84 bits per heavy atom. The Morgan fingerprint density at radius 1 is 1.19 bits per heavy atom. The maximum Gasteiger partial charge on any atom is 0.268 e. The third-order valence-corrected chi connectivity index (χ3v) is 8.71. The van der Waals surface area contributed by atoms with Crippen LogP contribution in [0.4, 0.5) is 11.8 Å². The van der Waals surface area contributed by atoms with E-state index in [1.807, 2.05) is 54.4 Å². The van der Waals surface area contributed by atoms with Crippen molar-refractivity contribution in [1.29, 1.82) is 0 Å². The fourth-order valence-electron chi connectivity index (χ4n) is 5.71. The van der Waals surface area contributed by atoms with E-state index in [0.717, 1.165) is 59.6 Å². The number of hydrogen-bond donors (Lipinski definition) is 2. The Kier molecular flexibility index (Phi) is 5.79. The summed E-state index contributed by atoms with van der Waals surface area (Å²) in [4.78, 5) is 38.0. The van der Waals surface area contributed by atoms with E-state index in [9.17, 15) is 9.59 Å². The molecule has 4 heterocycles. The number of benzene rings is 1. The first kappa shape index (κ1) is 23.4. The lowest BCUT2D eigenvalue weighted by atomic mass is 9.65. The van der Waals surface area contributed by atoms with Gasteiger partial charge in [0.25, 0.3) is 5.91 Å². The smallest absolute Gasteiger partial charge is 0.268 e. The minimum absolute atomic E-state index is 0.00521. The molecule has 8 nitrogen and oxygen atoms in total. The van der Waals surface area contributed by atoms with Crippen LogP contribution in [0.2, 0.25) is 0 Å². The van der Waals surface area contributed by atoms with Crippen LogP contribution in [-0.2, 0) is 4.79 Å². The monoisotopic (exact) mass is 512 g/mol. The molecule has 2 N–H and O–H groups in total. The molecule has 0 bridgehead atoms. The standard InChI is InChI=1S/C28H28N6O2S/c1-3-25(35)33-13-11-28(17-33)15-19(16-28)34-21-7-5-4-6-20(21)31-27(34)32-26(36)23-9-8-22(37-23)18-10-12-30-24(14-18)29-2/h3-10,12,14,19H,1,11,13,15-17H2,2H3,(H,29,30)(H,31,32,36)/t19-,28-. The van der Waals surface area contributed by atoms with Gasteiger partial charge in [-0.2, -0.15) is 0 Å².